The van der Waals surface area contributed by atoms with E-state index in [0.29, 0.717) is 30.3 Å². The molecular formula is C28H45NO6. The minimum absolute atomic E-state index is 0.0678. The molecule has 6 aliphatic rings. The van der Waals surface area contributed by atoms with Crippen molar-refractivity contribution in [1.82, 2.24) is 4.90 Å². The van der Waals surface area contributed by atoms with Crippen LogP contribution in [-0.2, 0) is 23.7 Å². The highest BCUT2D eigenvalue weighted by Gasteiger charge is 2.77. The third-order valence-electron chi connectivity index (χ3n) is 11.3. The van der Waals surface area contributed by atoms with Gasteiger partial charge in [-0.15, -0.1) is 0 Å². The van der Waals surface area contributed by atoms with E-state index in [2.05, 4.69) is 45.8 Å². The Kier molecular flexibility index (Phi) is 5.91. The second kappa shape index (κ2) is 8.40. The first-order valence-electron chi connectivity index (χ1n) is 13.9. The van der Waals surface area contributed by atoms with Crippen LogP contribution in [0.3, 0.4) is 0 Å². The first-order chi connectivity index (χ1) is 16.7. The van der Waals surface area contributed by atoms with Crippen molar-refractivity contribution in [1.29, 1.82) is 0 Å². The molecule has 7 heteroatoms. The summed E-state index contributed by atoms with van der Waals surface area (Å²) in [6.07, 6.45) is 8.00. The quantitative estimate of drug-likeness (QED) is 0.642. The van der Waals surface area contributed by atoms with Crippen molar-refractivity contribution in [3.05, 3.63) is 11.8 Å². The predicted molar refractivity (Wildman–Crippen MR) is 130 cm³/mol. The summed E-state index contributed by atoms with van der Waals surface area (Å²) in [6, 6.07) is 0. The van der Waals surface area contributed by atoms with Gasteiger partial charge in [0.25, 0.3) is 0 Å². The minimum Gasteiger partial charge on any atom is -0.499 e. The lowest BCUT2D eigenvalue weighted by atomic mass is 9.42. The maximum Gasteiger partial charge on any atom is 0.226 e. The van der Waals surface area contributed by atoms with Gasteiger partial charge in [0, 0.05) is 18.4 Å². The Morgan fingerprint density at radius 1 is 1.14 bits per heavy atom. The molecule has 10 atom stereocenters. The fraction of sp³-hybridized carbons (Fsp3) is 0.929. The lowest BCUT2D eigenvalue weighted by Gasteiger charge is -2.64. The summed E-state index contributed by atoms with van der Waals surface area (Å²) in [5.41, 5.74) is -0.709. The number of ether oxygens (including phenoxy) is 5. The van der Waals surface area contributed by atoms with Crippen LogP contribution in [-0.4, -0.2) is 74.9 Å². The lowest BCUT2D eigenvalue weighted by molar-refractivity contribution is -0.263. The number of rotatable bonds is 4. The van der Waals surface area contributed by atoms with Gasteiger partial charge in [-0.05, 0) is 94.2 Å². The van der Waals surface area contributed by atoms with Gasteiger partial charge in [-0.2, -0.15) is 0 Å². The van der Waals surface area contributed by atoms with Crippen LogP contribution in [0.4, 0.5) is 0 Å². The van der Waals surface area contributed by atoms with Gasteiger partial charge in [0.05, 0.1) is 18.5 Å². The fourth-order valence-corrected chi connectivity index (χ4v) is 10.1. The van der Waals surface area contributed by atoms with E-state index in [9.17, 15) is 5.11 Å². The molecule has 0 aromatic carbocycles. The van der Waals surface area contributed by atoms with Crippen LogP contribution in [0.1, 0.15) is 59.3 Å². The minimum atomic E-state index is -0.840. The predicted octanol–water partition coefficient (Wildman–Crippen LogP) is 3.76. The molecule has 2 heterocycles. The summed E-state index contributed by atoms with van der Waals surface area (Å²) in [5.74, 6) is 2.51. The van der Waals surface area contributed by atoms with Gasteiger partial charge in [-0.25, -0.2) is 0 Å². The number of allylic oxidation sites excluding steroid dienone is 2. The SMILES string of the molecule is CCOC1=CC2C(CN(C)C)C[C@@H]3[C@@H]([C@@H](O)C[C@@]4(C)[C@H]3CC[C@@]43OCOC34COCO4)[C@@]2(C)CC1. The lowest BCUT2D eigenvalue weighted by Crippen LogP contribution is -2.67. The van der Waals surface area contributed by atoms with E-state index < -0.39 is 11.4 Å². The van der Waals surface area contributed by atoms with Crippen LogP contribution >= 0.6 is 0 Å². The van der Waals surface area contributed by atoms with Gasteiger partial charge in [-0.1, -0.05) is 13.8 Å². The van der Waals surface area contributed by atoms with Crippen LogP contribution in [0.2, 0.25) is 0 Å². The van der Waals surface area contributed by atoms with Crippen molar-refractivity contribution in [3.8, 4) is 0 Å². The summed E-state index contributed by atoms with van der Waals surface area (Å²) in [4.78, 5) is 2.34. The zero-order valence-electron chi connectivity index (χ0n) is 22.3. The molecule has 2 saturated heterocycles. The summed E-state index contributed by atoms with van der Waals surface area (Å²) < 4.78 is 30.6. The Balaban J connectivity index is 1.39. The van der Waals surface area contributed by atoms with Crippen molar-refractivity contribution >= 4 is 0 Å². The zero-order chi connectivity index (χ0) is 24.6. The van der Waals surface area contributed by atoms with E-state index in [1.165, 1.54) is 0 Å². The van der Waals surface area contributed by atoms with Crippen LogP contribution in [0, 0.1) is 40.4 Å². The molecule has 3 unspecified atom stereocenters. The molecule has 0 radical (unpaired) electrons. The molecule has 4 aliphatic carbocycles. The summed E-state index contributed by atoms with van der Waals surface area (Å²) in [7, 11) is 4.38. The van der Waals surface area contributed by atoms with Gasteiger partial charge < -0.3 is 33.7 Å². The molecule has 2 aliphatic heterocycles. The highest BCUT2D eigenvalue weighted by atomic mass is 16.9. The fourth-order valence-electron chi connectivity index (χ4n) is 10.1. The third-order valence-corrected chi connectivity index (χ3v) is 11.3. The van der Waals surface area contributed by atoms with Crippen LogP contribution in [0.15, 0.2) is 11.8 Å². The van der Waals surface area contributed by atoms with Gasteiger partial charge in [0.2, 0.25) is 5.79 Å². The van der Waals surface area contributed by atoms with E-state index in [1.807, 2.05) is 0 Å². The molecule has 0 amide bonds. The molecule has 1 N–H and O–H groups in total. The Hall–Kier alpha value is -0.700. The van der Waals surface area contributed by atoms with Crippen molar-refractivity contribution < 1.29 is 28.8 Å². The van der Waals surface area contributed by atoms with Gasteiger partial charge in [0.15, 0.2) is 13.6 Å². The van der Waals surface area contributed by atoms with E-state index in [-0.39, 0.29) is 36.4 Å². The smallest absolute Gasteiger partial charge is 0.226 e. The van der Waals surface area contributed by atoms with Crippen molar-refractivity contribution in [2.45, 2.75) is 76.8 Å². The zero-order valence-corrected chi connectivity index (χ0v) is 22.3. The third kappa shape index (κ3) is 3.24. The average molecular weight is 492 g/mol. The number of fused-ring (bicyclic) bond motifs is 7. The first kappa shape index (κ1) is 24.6. The molecule has 6 rings (SSSR count). The average Bonchev–Trinajstić information content (AvgIpc) is 3.49. The molecule has 0 aromatic heterocycles. The second-order valence-electron chi connectivity index (χ2n) is 13.0. The van der Waals surface area contributed by atoms with Crippen molar-refractivity contribution in [3.63, 3.8) is 0 Å². The molecular weight excluding hydrogens is 446 g/mol. The van der Waals surface area contributed by atoms with E-state index in [1.54, 1.807) is 0 Å². The van der Waals surface area contributed by atoms with E-state index >= 15 is 0 Å². The monoisotopic (exact) mass is 491 g/mol. The molecule has 3 saturated carbocycles. The molecule has 35 heavy (non-hydrogen) atoms. The molecule has 5 fully saturated rings. The highest BCUT2D eigenvalue weighted by molar-refractivity contribution is 5.24. The Morgan fingerprint density at radius 2 is 1.94 bits per heavy atom. The molecule has 198 valence electrons. The van der Waals surface area contributed by atoms with E-state index in [4.69, 9.17) is 23.7 Å². The van der Waals surface area contributed by atoms with Crippen molar-refractivity contribution in [2.75, 3.05) is 47.4 Å². The molecule has 0 aromatic rings. The molecule has 0 bridgehead atoms. The van der Waals surface area contributed by atoms with Crippen molar-refractivity contribution in [2.24, 2.45) is 40.4 Å². The number of hydrogen-bond donors (Lipinski definition) is 1. The van der Waals surface area contributed by atoms with Crippen LogP contribution < -0.4 is 0 Å². The number of aliphatic hydroxyl groups excluding tert-OH is 1. The Bertz CT molecular complexity index is 851. The first-order valence-corrected chi connectivity index (χ1v) is 13.9. The maximum atomic E-state index is 12.0. The summed E-state index contributed by atoms with van der Waals surface area (Å²) in [6.45, 7) is 9.58. The molecule has 7 nitrogen and oxygen atoms in total. The van der Waals surface area contributed by atoms with E-state index in [0.717, 1.165) is 57.4 Å². The van der Waals surface area contributed by atoms with Gasteiger partial charge in [0.1, 0.15) is 12.2 Å². The van der Waals surface area contributed by atoms with Gasteiger partial charge >= 0.3 is 0 Å². The van der Waals surface area contributed by atoms with Crippen LogP contribution in [0.25, 0.3) is 0 Å². The molecule has 2 spiro atoms. The normalized spacial score (nSPS) is 53.1. The standard InChI is InChI=1S/C28H45NO6/c1-6-32-19-7-9-25(2)22(12-19)18(14-29(4)5)11-20-21-8-10-27(26(21,3)13-23(30)24(20)25)28(35-17-33-27)15-31-16-34-28/h12,18,20-24,30H,6-11,13-17H2,1-5H3/t18?,20-,21-,22?,23-,24-,25-,26-,27+,28?/m0/s1. The Labute approximate surface area is 210 Å². The van der Waals surface area contributed by atoms with Gasteiger partial charge in [-0.3, -0.25) is 0 Å². The number of aliphatic hydroxyl groups is 1. The van der Waals surface area contributed by atoms with Crippen LogP contribution in [0.5, 0.6) is 0 Å². The summed E-state index contributed by atoms with van der Waals surface area (Å²) >= 11 is 0. The maximum absolute atomic E-state index is 12.0. The second-order valence-corrected chi connectivity index (χ2v) is 13.0. The number of nitrogens with zero attached hydrogens (tertiary/aromatic N) is 1. The largest absolute Gasteiger partial charge is 0.499 e. The number of hydrogen-bond acceptors (Lipinski definition) is 7. The highest BCUT2D eigenvalue weighted by Crippen LogP contribution is 2.72. The summed E-state index contributed by atoms with van der Waals surface area (Å²) in [5, 5.41) is 12.0. The Morgan fingerprint density at radius 3 is 2.66 bits per heavy atom. The topological polar surface area (TPSA) is 69.6 Å².